The number of hydrogen-bond donors (Lipinski definition) is 0. The molecule has 0 N–H and O–H groups in total. The van der Waals surface area contributed by atoms with Crippen molar-refractivity contribution in [3.8, 4) is 0 Å². The first-order valence-corrected chi connectivity index (χ1v) is 4.58. The summed E-state index contributed by atoms with van der Waals surface area (Å²) < 4.78 is 0.848. The van der Waals surface area contributed by atoms with Crippen LogP contribution in [0.3, 0.4) is 0 Å². The van der Waals surface area contributed by atoms with Crippen molar-refractivity contribution in [3.63, 3.8) is 0 Å². The number of aromatic nitrogens is 3. The van der Waals surface area contributed by atoms with Crippen molar-refractivity contribution in [1.29, 1.82) is 0 Å². The minimum absolute atomic E-state index is 0.598. The highest BCUT2D eigenvalue weighted by molar-refractivity contribution is 5.99. The number of pyridine rings is 3. The molecular formula is C11H7N3O. The second kappa shape index (κ2) is 2.88. The molecule has 4 heteroatoms. The summed E-state index contributed by atoms with van der Waals surface area (Å²) >= 11 is 0. The van der Waals surface area contributed by atoms with Gasteiger partial charge in [-0.1, -0.05) is 0 Å². The van der Waals surface area contributed by atoms with Crippen LogP contribution in [0.25, 0.3) is 21.9 Å². The second-order valence-corrected chi connectivity index (χ2v) is 3.27. The van der Waals surface area contributed by atoms with E-state index in [9.17, 15) is 5.21 Å². The third kappa shape index (κ3) is 1.11. The molecule has 0 amide bonds. The normalized spacial score (nSPS) is 10.9. The molecule has 3 aromatic heterocycles. The summed E-state index contributed by atoms with van der Waals surface area (Å²) in [5.41, 5.74) is 1.22. The zero-order valence-corrected chi connectivity index (χ0v) is 7.79. The molecule has 72 valence electrons. The molecule has 0 fully saturated rings. The van der Waals surface area contributed by atoms with E-state index in [4.69, 9.17) is 0 Å². The number of rotatable bonds is 0. The molecular weight excluding hydrogens is 190 g/mol. The fraction of sp³-hybridized carbons (Fsp3) is 0. The van der Waals surface area contributed by atoms with E-state index in [1.54, 1.807) is 24.5 Å². The third-order valence-corrected chi connectivity index (χ3v) is 2.36. The van der Waals surface area contributed by atoms with Gasteiger partial charge in [0.05, 0.1) is 10.8 Å². The Kier molecular flexibility index (Phi) is 1.56. The first-order chi connectivity index (χ1) is 7.36. The topological polar surface area (TPSA) is 52.7 Å². The van der Waals surface area contributed by atoms with Gasteiger partial charge in [-0.05, 0) is 18.2 Å². The van der Waals surface area contributed by atoms with Crippen LogP contribution in [0, 0.1) is 5.21 Å². The molecule has 0 aliphatic heterocycles. The Morgan fingerprint density at radius 2 is 2.07 bits per heavy atom. The predicted molar refractivity (Wildman–Crippen MR) is 56.0 cm³/mol. The average molecular weight is 197 g/mol. The van der Waals surface area contributed by atoms with Crippen molar-refractivity contribution in [2.45, 2.75) is 0 Å². The molecule has 0 aliphatic carbocycles. The monoisotopic (exact) mass is 197 g/mol. The van der Waals surface area contributed by atoms with Gasteiger partial charge in [0.25, 0.3) is 0 Å². The van der Waals surface area contributed by atoms with Gasteiger partial charge in [0, 0.05) is 18.5 Å². The lowest BCUT2D eigenvalue weighted by atomic mass is 10.2. The van der Waals surface area contributed by atoms with Gasteiger partial charge in [0.15, 0.2) is 11.8 Å². The molecule has 15 heavy (non-hydrogen) atoms. The lowest BCUT2D eigenvalue weighted by Gasteiger charge is -2.02. The minimum atomic E-state index is 0.598. The number of nitrogens with zero attached hydrogens (tertiary/aromatic N) is 3. The van der Waals surface area contributed by atoms with E-state index in [1.165, 1.54) is 6.20 Å². The van der Waals surface area contributed by atoms with Gasteiger partial charge >= 0.3 is 0 Å². The van der Waals surface area contributed by atoms with Gasteiger partial charge in [-0.3, -0.25) is 0 Å². The van der Waals surface area contributed by atoms with Gasteiger partial charge in [-0.25, -0.2) is 9.97 Å². The van der Waals surface area contributed by atoms with E-state index in [-0.39, 0.29) is 0 Å². The Bertz CT molecular complexity index is 651. The second-order valence-electron chi connectivity index (χ2n) is 3.27. The highest BCUT2D eigenvalue weighted by Gasteiger charge is 2.09. The van der Waals surface area contributed by atoms with Crippen molar-refractivity contribution in [2.24, 2.45) is 0 Å². The maximum Gasteiger partial charge on any atom is 0.236 e. The van der Waals surface area contributed by atoms with Crippen molar-refractivity contribution in [3.05, 3.63) is 48.1 Å². The van der Waals surface area contributed by atoms with Gasteiger partial charge in [0.1, 0.15) is 0 Å². The highest BCUT2D eigenvalue weighted by Crippen LogP contribution is 2.17. The van der Waals surface area contributed by atoms with Crippen LogP contribution in [0.5, 0.6) is 0 Å². The fourth-order valence-corrected chi connectivity index (χ4v) is 1.70. The van der Waals surface area contributed by atoms with Crippen LogP contribution in [-0.2, 0) is 0 Å². The van der Waals surface area contributed by atoms with E-state index < -0.39 is 0 Å². The quantitative estimate of drug-likeness (QED) is 0.311. The van der Waals surface area contributed by atoms with Gasteiger partial charge in [-0.15, -0.1) is 0 Å². The summed E-state index contributed by atoms with van der Waals surface area (Å²) in [5.74, 6) is 0. The molecule has 0 atom stereocenters. The molecule has 3 heterocycles. The molecule has 4 nitrogen and oxygen atoms in total. The van der Waals surface area contributed by atoms with Crippen molar-refractivity contribution >= 4 is 21.9 Å². The summed E-state index contributed by atoms with van der Waals surface area (Å²) in [7, 11) is 0. The summed E-state index contributed by atoms with van der Waals surface area (Å²) in [6, 6.07) is 7.23. The van der Waals surface area contributed by atoms with Gasteiger partial charge < -0.3 is 5.21 Å². The molecule has 3 aromatic rings. The van der Waals surface area contributed by atoms with Crippen molar-refractivity contribution in [1.82, 2.24) is 9.97 Å². The fourth-order valence-electron chi connectivity index (χ4n) is 1.70. The van der Waals surface area contributed by atoms with Crippen LogP contribution in [0.4, 0.5) is 0 Å². The van der Waals surface area contributed by atoms with Gasteiger partial charge in [0.2, 0.25) is 5.52 Å². The van der Waals surface area contributed by atoms with Crippen molar-refractivity contribution < 1.29 is 4.73 Å². The Morgan fingerprint density at radius 3 is 3.00 bits per heavy atom. The molecule has 0 spiro atoms. The SMILES string of the molecule is [O-][n+]1cccc2cnc3ncccc3c21. The molecule has 0 unspecified atom stereocenters. The minimum Gasteiger partial charge on any atom is -0.618 e. The molecule has 0 saturated heterocycles. The molecule has 0 aromatic carbocycles. The smallest absolute Gasteiger partial charge is 0.236 e. The van der Waals surface area contributed by atoms with E-state index in [1.807, 2.05) is 12.1 Å². The number of fused-ring (bicyclic) bond motifs is 3. The van der Waals surface area contributed by atoms with Crippen molar-refractivity contribution in [2.75, 3.05) is 0 Å². The Balaban J connectivity index is 2.64. The summed E-state index contributed by atoms with van der Waals surface area (Å²) in [4.78, 5) is 8.30. The van der Waals surface area contributed by atoms with Crippen LogP contribution in [0.15, 0.2) is 42.9 Å². The Labute approximate surface area is 85.4 Å². The molecule has 0 saturated carbocycles. The average Bonchev–Trinajstić information content (AvgIpc) is 2.29. The first-order valence-electron chi connectivity index (χ1n) is 4.58. The first kappa shape index (κ1) is 8.11. The lowest BCUT2D eigenvalue weighted by molar-refractivity contribution is -0.576. The van der Waals surface area contributed by atoms with Gasteiger partial charge in [-0.2, -0.15) is 4.73 Å². The zero-order chi connectivity index (χ0) is 10.3. The molecule has 3 rings (SSSR count). The Hall–Kier alpha value is -2.23. The highest BCUT2D eigenvalue weighted by atomic mass is 16.5. The molecule has 0 aliphatic rings. The molecule has 0 bridgehead atoms. The largest absolute Gasteiger partial charge is 0.618 e. The van der Waals surface area contributed by atoms with Crippen LogP contribution in [0.1, 0.15) is 0 Å². The van der Waals surface area contributed by atoms with E-state index in [0.29, 0.717) is 11.2 Å². The van der Waals surface area contributed by atoms with Crippen LogP contribution < -0.4 is 4.73 Å². The Morgan fingerprint density at radius 1 is 1.13 bits per heavy atom. The van der Waals surface area contributed by atoms with Crippen LogP contribution in [0.2, 0.25) is 0 Å². The standard InChI is InChI=1S/C11H7N3O/c15-14-6-2-3-8-7-13-11-9(10(8)14)4-1-5-12-11/h1-7H. The number of hydrogen-bond acceptors (Lipinski definition) is 3. The van der Waals surface area contributed by atoms with E-state index >= 15 is 0 Å². The summed E-state index contributed by atoms with van der Waals surface area (Å²) in [6.07, 6.45) is 4.81. The summed E-state index contributed by atoms with van der Waals surface area (Å²) in [6.45, 7) is 0. The van der Waals surface area contributed by atoms with E-state index in [0.717, 1.165) is 15.5 Å². The van der Waals surface area contributed by atoms with Crippen LogP contribution >= 0.6 is 0 Å². The maximum absolute atomic E-state index is 11.7. The predicted octanol–water partition coefficient (Wildman–Crippen LogP) is 1.42. The maximum atomic E-state index is 11.7. The van der Waals surface area contributed by atoms with E-state index in [2.05, 4.69) is 9.97 Å². The zero-order valence-electron chi connectivity index (χ0n) is 7.79. The lowest BCUT2D eigenvalue weighted by Crippen LogP contribution is -2.26. The van der Waals surface area contributed by atoms with Crippen LogP contribution in [-0.4, -0.2) is 9.97 Å². The molecule has 0 radical (unpaired) electrons. The third-order valence-electron chi connectivity index (χ3n) is 2.36. The summed E-state index contributed by atoms with van der Waals surface area (Å²) in [5, 5.41) is 13.3.